The molecule has 0 saturated carbocycles. The number of rotatable bonds is 9. The van der Waals surface area contributed by atoms with E-state index >= 15 is 0 Å². The van der Waals surface area contributed by atoms with Gasteiger partial charge < -0.3 is 19.4 Å². The van der Waals surface area contributed by atoms with Crippen LogP contribution in [-0.2, 0) is 23.3 Å². The number of likely N-dealkylation sites (tertiary alicyclic amines) is 1. The van der Waals surface area contributed by atoms with Gasteiger partial charge in [0, 0.05) is 88.5 Å². The molecular weight excluding hydrogens is 630 g/mol. The Labute approximate surface area is 297 Å². The van der Waals surface area contributed by atoms with E-state index in [-0.39, 0.29) is 17.4 Å². The van der Waals surface area contributed by atoms with Crippen LogP contribution in [0.1, 0.15) is 64.2 Å². The number of nitrogens with zero attached hydrogens (tertiary/aromatic N) is 5. The van der Waals surface area contributed by atoms with Gasteiger partial charge in [0.1, 0.15) is 5.75 Å². The number of aromatic nitrogens is 1. The first-order valence-corrected chi connectivity index (χ1v) is 18.4. The highest BCUT2D eigenvalue weighted by Crippen LogP contribution is 2.37. The van der Waals surface area contributed by atoms with Gasteiger partial charge >= 0.3 is 6.09 Å². The normalized spacial score (nSPS) is 20.2. The Kier molecular flexibility index (Phi) is 11.1. The molecule has 2 N–H and O–H groups in total. The van der Waals surface area contributed by atoms with Crippen LogP contribution in [0.25, 0.3) is 10.9 Å². The number of H-pyrrole nitrogens is 1. The van der Waals surface area contributed by atoms with Gasteiger partial charge in [-0.15, -0.1) is 0 Å². The average molecular weight is 688 g/mol. The summed E-state index contributed by atoms with van der Waals surface area (Å²) in [6.07, 6.45) is 1.48. The van der Waals surface area contributed by atoms with E-state index in [0.29, 0.717) is 23.4 Å². The highest BCUT2D eigenvalue weighted by molar-refractivity contribution is 5.90. The number of aromatic amines is 1. The largest absolute Gasteiger partial charge is 0.494 e. The molecule has 2 amide bonds. The predicted molar refractivity (Wildman–Crippen MR) is 199 cm³/mol. The minimum Gasteiger partial charge on any atom is -0.494 e. The first-order chi connectivity index (χ1) is 23.9. The average Bonchev–Trinajstić information content (AvgIpc) is 3.70. The van der Waals surface area contributed by atoms with E-state index in [9.17, 15) is 9.59 Å². The maximum atomic E-state index is 13.4. The van der Waals surface area contributed by atoms with E-state index in [2.05, 4.69) is 83.7 Å². The van der Waals surface area contributed by atoms with Crippen molar-refractivity contribution >= 4 is 28.6 Å². The molecule has 3 aliphatic heterocycles. The molecule has 0 bridgehead atoms. The van der Waals surface area contributed by atoms with Crippen molar-refractivity contribution in [1.82, 2.24) is 29.5 Å². The van der Waals surface area contributed by atoms with Gasteiger partial charge in [0.25, 0.3) is 0 Å². The molecule has 1 unspecified atom stereocenters. The van der Waals surface area contributed by atoms with Crippen molar-refractivity contribution in [3.8, 4) is 11.6 Å². The molecule has 1 aromatic heterocycles. The molecule has 3 fully saturated rings. The summed E-state index contributed by atoms with van der Waals surface area (Å²) in [6.45, 7) is 20.7. The number of para-hydroxylation sites is 1. The second kappa shape index (κ2) is 15.3. The van der Waals surface area contributed by atoms with Crippen molar-refractivity contribution < 1.29 is 19.1 Å². The van der Waals surface area contributed by atoms with Gasteiger partial charge in [0.15, 0.2) is 0 Å². The van der Waals surface area contributed by atoms with Crippen molar-refractivity contribution in [2.24, 2.45) is 0 Å². The van der Waals surface area contributed by atoms with Crippen molar-refractivity contribution in [1.29, 1.82) is 0 Å². The number of amides is 2. The van der Waals surface area contributed by atoms with Crippen LogP contribution in [0.15, 0.2) is 36.4 Å². The highest BCUT2D eigenvalue weighted by Gasteiger charge is 2.33. The standard InChI is InChI=1S/C39H57N7O4/c1-27(2)45-18-14-44(15-19-45)26-30-22-31(39(3,4)5)24-32(36(30)49-7)40-38(48)50-34-23-28-10-8-11-29(35(28)41-34)25-43-16-20-46(21-17-43)37(47)33-12-9-13-42(33)6/h8,10-11,22-24,27,33,41H,9,12-21,25-26H2,1-7H3,(H,40,48). The third-order valence-electron chi connectivity index (χ3n) is 10.8. The SMILES string of the molecule is COc1c(CN2CCN(C(C)C)CC2)cc(C(C)(C)C)cc1NC(=O)Oc1cc2cccc(CN3CCN(C(=O)C4CCCN4C)CC3)c2[nH]1. The summed E-state index contributed by atoms with van der Waals surface area (Å²) in [4.78, 5) is 41.4. The molecule has 3 aliphatic rings. The molecular formula is C39H57N7O4. The summed E-state index contributed by atoms with van der Waals surface area (Å²) in [6, 6.07) is 12.9. The Balaban J connectivity index is 1.12. The van der Waals surface area contributed by atoms with Crippen molar-refractivity contribution in [3.05, 3.63) is 53.1 Å². The molecule has 6 rings (SSSR count). The molecule has 50 heavy (non-hydrogen) atoms. The molecule has 3 aromatic rings. The van der Waals surface area contributed by atoms with Crippen LogP contribution in [-0.4, -0.2) is 127 Å². The number of piperazine rings is 2. The topological polar surface area (TPSA) is 96.6 Å². The third-order valence-corrected chi connectivity index (χ3v) is 10.8. The number of nitrogens with one attached hydrogen (secondary N) is 2. The van der Waals surface area contributed by atoms with Gasteiger partial charge in [-0.3, -0.25) is 29.7 Å². The Morgan fingerprint density at radius 3 is 2.22 bits per heavy atom. The fraction of sp³-hybridized carbons (Fsp3) is 0.590. The van der Waals surface area contributed by atoms with Crippen molar-refractivity contribution in [3.63, 3.8) is 0 Å². The Morgan fingerprint density at radius 2 is 1.60 bits per heavy atom. The van der Waals surface area contributed by atoms with Crippen LogP contribution in [0.5, 0.6) is 11.6 Å². The monoisotopic (exact) mass is 687 g/mol. The van der Waals surface area contributed by atoms with E-state index in [0.717, 1.165) is 112 Å². The predicted octanol–water partition coefficient (Wildman–Crippen LogP) is 5.35. The summed E-state index contributed by atoms with van der Waals surface area (Å²) in [7, 11) is 3.72. The Hall–Kier alpha value is -3.64. The number of carbonyl (C=O) groups is 2. The van der Waals surface area contributed by atoms with Gasteiger partial charge in [-0.25, -0.2) is 4.79 Å². The molecule has 272 valence electrons. The third kappa shape index (κ3) is 8.28. The number of fused-ring (bicyclic) bond motifs is 1. The minimum atomic E-state index is -0.576. The zero-order valence-electron chi connectivity index (χ0n) is 31.2. The molecule has 2 aromatic carbocycles. The lowest BCUT2D eigenvalue weighted by molar-refractivity contribution is -0.137. The van der Waals surface area contributed by atoms with Crippen molar-refractivity contribution in [2.75, 3.05) is 78.4 Å². The van der Waals surface area contributed by atoms with Crippen LogP contribution >= 0.6 is 0 Å². The maximum absolute atomic E-state index is 13.4. The molecule has 3 saturated heterocycles. The van der Waals surface area contributed by atoms with Crippen LogP contribution in [0.2, 0.25) is 0 Å². The summed E-state index contributed by atoms with van der Waals surface area (Å²) < 4.78 is 11.8. The molecule has 4 heterocycles. The number of ether oxygens (including phenoxy) is 2. The van der Waals surface area contributed by atoms with Gasteiger partial charge in [0.05, 0.1) is 24.4 Å². The van der Waals surface area contributed by atoms with Gasteiger partial charge in [-0.05, 0) is 62.9 Å². The first kappa shape index (κ1) is 36.2. The Morgan fingerprint density at radius 1 is 0.920 bits per heavy atom. The number of benzene rings is 2. The summed E-state index contributed by atoms with van der Waals surface area (Å²) in [5.74, 6) is 1.32. The second-order valence-corrected chi connectivity index (χ2v) is 15.6. The van der Waals surface area contributed by atoms with E-state index in [1.165, 1.54) is 0 Å². The number of methoxy groups -OCH3 is 1. The van der Waals surface area contributed by atoms with Gasteiger partial charge in [0.2, 0.25) is 11.8 Å². The van der Waals surface area contributed by atoms with Crippen molar-refractivity contribution in [2.45, 2.75) is 78.0 Å². The number of carbonyl (C=O) groups excluding carboxylic acids is 2. The zero-order valence-corrected chi connectivity index (χ0v) is 31.2. The molecule has 11 nitrogen and oxygen atoms in total. The summed E-state index contributed by atoms with van der Waals surface area (Å²) >= 11 is 0. The minimum absolute atomic E-state index is 0.0337. The number of hydrogen-bond donors (Lipinski definition) is 2. The second-order valence-electron chi connectivity index (χ2n) is 15.6. The summed E-state index contributed by atoms with van der Waals surface area (Å²) in [5, 5.41) is 3.99. The van der Waals surface area contributed by atoms with Gasteiger partial charge in [-0.1, -0.05) is 45.0 Å². The van der Waals surface area contributed by atoms with Crippen LogP contribution < -0.4 is 14.8 Å². The lowest BCUT2D eigenvalue weighted by atomic mass is 9.85. The molecule has 0 aliphatic carbocycles. The van der Waals surface area contributed by atoms with E-state index < -0.39 is 6.09 Å². The first-order valence-electron chi connectivity index (χ1n) is 18.4. The van der Waals surface area contributed by atoms with E-state index in [1.54, 1.807) is 7.11 Å². The van der Waals surface area contributed by atoms with E-state index in [1.807, 2.05) is 29.2 Å². The molecule has 1 atom stereocenters. The number of anilines is 1. The molecule has 0 spiro atoms. The van der Waals surface area contributed by atoms with E-state index in [4.69, 9.17) is 9.47 Å². The highest BCUT2D eigenvalue weighted by atomic mass is 16.6. The smallest absolute Gasteiger partial charge is 0.418 e. The Bertz CT molecular complexity index is 1650. The molecule has 11 heteroatoms. The summed E-state index contributed by atoms with van der Waals surface area (Å²) in [5.41, 5.74) is 4.74. The van der Waals surface area contributed by atoms with Gasteiger partial charge in [-0.2, -0.15) is 0 Å². The fourth-order valence-corrected chi connectivity index (χ4v) is 7.67. The van der Waals surface area contributed by atoms with Crippen LogP contribution in [0.3, 0.4) is 0 Å². The fourth-order valence-electron chi connectivity index (χ4n) is 7.67. The zero-order chi connectivity index (χ0) is 35.6. The maximum Gasteiger partial charge on any atom is 0.418 e. The quantitative estimate of drug-likeness (QED) is 0.311. The van der Waals surface area contributed by atoms with Crippen LogP contribution in [0.4, 0.5) is 10.5 Å². The lowest BCUT2D eigenvalue weighted by Crippen LogP contribution is -2.52. The number of likely N-dealkylation sites (N-methyl/N-ethyl adjacent to an activating group) is 1. The number of hydrogen-bond acceptors (Lipinski definition) is 8. The van der Waals surface area contributed by atoms with Crippen LogP contribution in [0, 0.1) is 0 Å². The lowest BCUT2D eigenvalue weighted by Gasteiger charge is -2.37. The molecule has 0 radical (unpaired) electrons.